The number of anilines is 1. The first-order valence-electron chi connectivity index (χ1n) is 12.2. The van der Waals surface area contributed by atoms with Gasteiger partial charge in [-0.25, -0.2) is 12.8 Å². The number of amides is 2. The third-order valence-electron chi connectivity index (χ3n) is 5.84. The maximum atomic E-state index is 13.9. The molecule has 0 heterocycles. The van der Waals surface area contributed by atoms with Gasteiger partial charge in [-0.1, -0.05) is 70.0 Å². The van der Waals surface area contributed by atoms with Crippen molar-refractivity contribution >= 4 is 55.1 Å². The molecule has 1 atom stereocenters. The van der Waals surface area contributed by atoms with E-state index in [1.807, 2.05) is 68.4 Å². The molecule has 0 aliphatic heterocycles. The summed E-state index contributed by atoms with van der Waals surface area (Å²) in [5, 5.41) is 2.61. The predicted octanol–water partition coefficient (Wildman–Crippen LogP) is 5.17. The Morgan fingerprint density at radius 1 is 1.00 bits per heavy atom. The first kappa shape index (κ1) is 30.6. The van der Waals surface area contributed by atoms with Crippen LogP contribution in [0.1, 0.15) is 25.0 Å². The smallest absolute Gasteiger partial charge is 0.244 e. The molecule has 1 N–H and O–H groups in total. The molecule has 0 bridgehead atoms. The van der Waals surface area contributed by atoms with E-state index in [-0.39, 0.29) is 35.6 Å². The van der Waals surface area contributed by atoms with E-state index in [4.69, 9.17) is 11.6 Å². The molecule has 3 aromatic rings. The van der Waals surface area contributed by atoms with Gasteiger partial charge in [-0.05, 0) is 55.3 Å². The Labute approximate surface area is 242 Å². The Bertz CT molecular complexity index is 1410. The number of hydrogen-bond donors (Lipinski definition) is 1. The standard InChI is InChI=1S/C28H30BrClFN3O4S/c1-19(2)32-28(36)26(15-20-7-5-4-6-8-20)33(17-21-9-11-22(29)12-10-21)27(35)18-34(39(3,37)38)23-13-14-25(31)24(30)16-23/h4-14,16,19,26H,15,17-18H2,1-3H3,(H,32,36). The van der Waals surface area contributed by atoms with Crippen molar-refractivity contribution in [3.63, 3.8) is 0 Å². The lowest BCUT2D eigenvalue weighted by atomic mass is 10.0. The number of nitrogens with zero attached hydrogens (tertiary/aromatic N) is 2. The first-order chi connectivity index (χ1) is 18.3. The molecule has 0 aliphatic rings. The van der Waals surface area contributed by atoms with E-state index in [1.54, 1.807) is 0 Å². The highest BCUT2D eigenvalue weighted by molar-refractivity contribution is 9.10. The van der Waals surface area contributed by atoms with Gasteiger partial charge in [-0.15, -0.1) is 0 Å². The van der Waals surface area contributed by atoms with E-state index < -0.39 is 34.3 Å². The topological polar surface area (TPSA) is 86.8 Å². The normalized spacial score (nSPS) is 12.2. The summed E-state index contributed by atoms with van der Waals surface area (Å²) in [5.74, 6) is -1.69. The Morgan fingerprint density at radius 2 is 1.64 bits per heavy atom. The Kier molecular flexibility index (Phi) is 10.5. The number of sulfonamides is 1. The van der Waals surface area contributed by atoms with Gasteiger partial charge >= 0.3 is 0 Å². The monoisotopic (exact) mass is 637 g/mol. The van der Waals surface area contributed by atoms with Crippen molar-refractivity contribution in [3.05, 3.63) is 99.2 Å². The second-order valence-electron chi connectivity index (χ2n) is 9.38. The van der Waals surface area contributed by atoms with Gasteiger partial charge in [0.1, 0.15) is 18.4 Å². The third kappa shape index (κ3) is 8.78. The number of rotatable bonds is 11. The molecule has 208 valence electrons. The number of carbonyl (C=O) groups is 2. The van der Waals surface area contributed by atoms with Crippen molar-refractivity contribution in [1.82, 2.24) is 10.2 Å². The average molecular weight is 639 g/mol. The lowest BCUT2D eigenvalue weighted by Gasteiger charge is -2.34. The summed E-state index contributed by atoms with van der Waals surface area (Å²) >= 11 is 9.31. The van der Waals surface area contributed by atoms with Crippen LogP contribution >= 0.6 is 27.5 Å². The fourth-order valence-electron chi connectivity index (χ4n) is 3.98. The molecule has 3 aromatic carbocycles. The number of halogens is 3. The van der Waals surface area contributed by atoms with E-state index in [2.05, 4.69) is 21.2 Å². The zero-order valence-corrected chi connectivity index (χ0v) is 24.9. The predicted molar refractivity (Wildman–Crippen MR) is 156 cm³/mol. The highest BCUT2D eigenvalue weighted by Gasteiger charge is 2.33. The van der Waals surface area contributed by atoms with Crippen molar-refractivity contribution in [2.75, 3.05) is 17.1 Å². The second kappa shape index (κ2) is 13.4. The van der Waals surface area contributed by atoms with E-state index >= 15 is 0 Å². The molecular weight excluding hydrogens is 609 g/mol. The van der Waals surface area contributed by atoms with Crippen molar-refractivity contribution in [2.45, 2.75) is 38.9 Å². The molecule has 0 radical (unpaired) electrons. The van der Waals surface area contributed by atoms with Gasteiger partial charge in [0.2, 0.25) is 21.8 Å². The fourth-order valence-corrected chi connectivity index (χ4v) is 5.26. The lowest BCUT2D eigenvalue weighted by molar-refractivity contribution is -0.140. The molecule has 0 saturated carbocycles. The van der Waals surface area contributed by atoms with Crippen LogP contribution in [-0.2, 0) is 32.6 Å². The minimum absolute atomic E-state index is 0.0343. The van der Waals surface area contributed by atoms with Crippen molar-refractivity contribution in [2.24, 2.45) is 0 Å². The lowest BCUT2D eigenvalue weighted by Crippen LogP contribution is -2.54. The number of hydrogen-bond acceptors (Lipinski definition) is 4. The average Bonchev–Trinajstić information content (AvgIpc) is 2.87. The van der Waals surface area contributed by atoms with E-state index in [1.165, 1.54) is 11.0 Å². The van der Waals surface area contributed by atoms with Crippen molar-refractivity contribution in [1.29, 1.82) is 0 Å². The molecule has 0 spiro atoms. The molecule has 3 rings (SSSR count). The van der Waals surface area contributed by atoms with Crippen LogP contribution in [-0.4, -0.2) is 50.0 Å². The Morgan fingerprint density at radius 3 is 2.21 bits per heavy atom. The zero-order valence-electron chi connectivity index (χ0n) is 21.8. The molecule has 0 saturated heterocycles. The van der Waals surface area contributed by atoms with E-state index in [0.717, 1.165) is 38.3 Å². The molecule has 1 unspecified atom stereocenters. The molecule has 0 aromatic heterocycles. The van der Waals surface area contributed by atoms with Gasteiger partial charge in [0.25, 0.3) is 0 Å². The van der Waals surface area contributed by atoms with Crippen LogP contribution in [0.5, 0.6) is 0 Å². The third-order valence-corrected chi connectivity index (χ3v) is 7.80. The summed E-state index contributed by atoms with van der Waals surface area (Å²) in [7, 11) is -3.98. The second-order valence-corrected chi connectivity index (χ2v) is 12.6. The zero-order chi connectivity index (χ0) is 28.7. The van der Waals surface area contributed by atoms with Crippen molar-refractivity contribution in [3.8, 4) is 0 Å². The summed E-state index contributed by atoms with van der Waals surface area (Å²) in [6.07, 6.45) is 1.16. The van der Waals surface area contributed by atoms with Gasteiger partial charge in [0, 0.05) is 23.5 Å². The maximum Gasteiger partial charge on any atom is 0.244 e. The number of benzene rings is 3. The van der Waals surface area contributed by atoms with Crippen LogP contribution in [0.25, 0.3) is 0 Å². The van der Waals surface area contributed by atoms with Crippen LogP contribution in [0.3, 0.4) is 0 Å². The van der Waals surface area contributed by atoms with Crippen LogP contribution in [0.15, 0.2) is 77.3 Å². The van der Waals surface area contributed by atoms with E-state index in [0.29, 0.717) is 0 Å². The number of carbonyl (C=O) groups excluding carboxylic acids is 2. The summed E-state index contributed by atoms with van der Waals surface area (Å²) in [6.45, 7) is 3.08. The largest absolute Gasteiger partial charge is 0.352 e. The molecule has 2 amide bonds. The number of nitrogens with one attached hydrogen (secondary N) is 1. The van der Waals surface area contributed by atoms with Gasteiger partial charge in [-0.2, -0.15) is 0 Å². The molecular formula is C28H30BrClFN3O4S. The molecule has 7 nitrogen and oxygen atoms in total. The minimum Gasteiger partial charge on any atom is -0.352 e. The van der Waals surface area contributed by atoms with Gasteiger partial charge in [0.05, 0.1) is 17.0 Å². The molecule has 0 aliphatic carbocycles. The van der Waals surface area contributed by atoms with Crippen LogP contribution in [0, 0.1) is 5.82 Å². The SMILES string of the molecule is CC(C)NC(=O)C(Cc1ccccc1)N(Cc1ccc(Br)cc1)C(=O)CN(c1ccc(F)c(Cl)c1)S(C)(=O)=O. The summed E-state index contributed by atoms with van der Waals surface area (Å²) in [5.41, 5.74) is 1.62. The first-order valence-corrected chi connectivity index (χ1v) is 15.2. The van der Waals surface area contributed by atoms with Crippen molar-refractivity contribution < 1.29 is 22.4 Å². The molecule has 11 heteroatoms. The summed E-state index contributed by atoms with van der Waals surface area (Å²) in [6, 6.07) is 18.8. The fraction of sp³-hybridized carbons (Fsp3) is 0.286. The Hall–Kier alpha value is -2.95. The van der Waals surface area contributed by atoms with Gasteiger partial charge in [-0.3, -0.25) is 13.9 Å². The summed E-state index contributed by atoms with van der Waals surface area (Å²) < 4.78 is 41.0. The molecule has 39 heavy (non-hydrogen) atoms. The van der Waals surface area contributed by atoms with Crippen LogP contribution in [0.4, 0.5) is 10.1 Å². The Balaban J connectivity index is 2.06. The highest BCUT2D eigenvalue weighted by Crippen LogP contribution is 2.25. The van der Waals surface area contributed by atoms with Gasteiger partial charge in [0.15, 0.2) is 0 Å². The quantitative estimate of drug-likeness (QED) is 0.314. The van der Waals surface area contributed by atoms with E-state index in [9.17, 15) is 22.4 Å². The summed E-state index contributed by atoms with van der Waals surface area (Å²) in [4.78, 5) is 28.8. The highest BCUT2D eigenvalue weighted by atomic mass is 79.9. The van der Waals surface area contributed by atoms with Crippen LogP contribution < -0.4 is 9.62 Å². The minimum atomic E-state index is -3.98. The maximum absolute atomic E-state index is 13.9. The molecule has 0 fully saturated rings. The van der Waals surface area contributed by atoms with Gasteiger partial charge < -0.3 is 10.2 Å². The van der Waals surface area contributed by atoms with Crippen LogP contribution in [0.2, 0.25) is 5.02 Å².